The highest BCUT2D eigenvalue weighted by Gasteiger charge is 2.67. The molecule has 3 aliphatic heterocycles. The van der Waals surface area contributed by atoms with E-state index in [2.05, 4.69) is 4.98 Å². The van der Waals surface area contributed by atoms with Gasteiger partial charge in [0.2, 0.25) is 10.0 Å². The number of amides is 2. The number of carbonyl (C=O) groups excluding carboxylic acids is 3. The highest BCUT2D eigenvalue weighted by molar-refractivity contribution is 7.89. The fourth-order valence-corrected chi connectivity index (χ4v) is 7.55. The Bertz CT molecular complexity index is 1750. The third-order valence-corrected chi connectivity index (χ3v) is 9.93. The van der Waals surface area contributed by atoms with Crippen LogP contribution in [0.1, 0.15) is 30.0 Å². The number of benzene rings is 2. The van der Waals surface area contributed by atoms with Gasteiger partial charge < -0.3 is 19.6 Å². The van der Waals surface area contributed by atoms with Crippen LogP contribution in [0.5, 0.6) is 0 Å². The third kappa shape index (κ3) is 4.44. The number of para-hydroxylation sites is 1. The Labute approximate surface area is 249 Å². The molecule has 3 aromatic rings. The fraction of sp³-hybridized carbons (Fsp3) is 0.290. The van der Waals surface area contributed by atoms with Crippen molar-refractivity contribution in [1.82, 2.24) is 14.2 Å². The summed E-state index contributed by atoms with van der Waals surface area (Å²) in [7, 11) is -3.95. The van der Waals surface area contributed by atoms with Crippen molar-refractivity contribution in [2.24, 2.45) is 0 Å². The van der Waals surface area contributed by atoms with Gasteiger partial charge in [0, 0.05) is 49.7 Å². The largest absolute Gasteiger partial charge is 0.507 e. The van der Waals surface area contributed by atoms with Crippen LogP contribution in [-0.4, -0.2) is 78.2 Å². The van der Waals surface area contributed by atoms with Gasteiger partial charge >= 0.3 is 0 Å². The molecule has 6 rings (SSSR count). The van der Waals surface area contributed by atoms with Gasteiger partial charge in [-0.2, -0.15) is 4.31 Å². The van der Waals surface area contributed by atoms with Crippen molar-refractivity contribution in [2.45, 2.75) is 30.3 Å². The Kier molecular flexibility index (Phi) is 7.36. The molecule has 2 saturated heterocycles. The molecule has 43 heavy (non-hydrogen) atoms. The monoisotopic (exact) mass is 602 g/mol. The molecule has 0 aliphatic carbocycles. The van der Waals surface area contributed by atoms with Gasteiger partial charge in [0.1, 0.15) is 5.76 Å². The molecular weight excluding hydrogens is 572 g/mol. The second-order valence-corrected chi connectivity index (χ2v) is 12.5. The van der Waals surface area contributed by atoms with Crippen molar-refractivity contribution in [3.8, 4) is 0 Å². The number of fused-ring (bicyclic) bond motifs is 2. The van der Waals surface area contributed by atoms with E-state index in [1.54, 1.807) is 48.8 Å². The van der Waals surface area contributed by atoms with Gasteiger partial charge in [-0.3, -0.25) is 19.4 Å². The molecule has 2 amide bonds. The number of carbonyl (C=O) groups is 3. The lowest BCUT2D eigenvalue weighted by molar-refractivity contribution is -0.144. The van der Waals surface area contributed by atoms with E-state index >= 15 is 0 Å². The van der Waals surface area contributed by atoms with Crippen LogP contribution < -0.4 is 4.90 Å². The summed E-state index contributed by atoms with van der Waals surface area (Å²) in [6.45, 7) is 2.98. The van der Waals surface area contributed by atoms with E-state index in [-0.39, 0.29) is 43.3 Å². The lowest BCUT2D eigenvalue weighted by Crippen LogP contribution is -2.51. The van der Waals surface area contributed by atoms with Crippen LogP contribution in [0, 0.1) is 0 Å². The average molecular weight is 603 g/mol. The van der Waals surface area contributed by atoms with E-state index in [1.165, 1.54) is 38.4 Å². The number of pyridine rings is 1. The number of rotatable bonds is 7. The minimum absolute atomic E-state index is 0.00712. The third-order valence-electron chi connectivity index (χ3n) is 8.04. The van der Waals surface area contributed by atoms with E-state index in [9.17, 15) is 27.9 Å². The molecule has 3 aliphatic rings. The zero-order chi connectivity index (χ0) is 30.4. The Morgan fingerprint density at radius 1 is 1.02 bits per heavy atom. The Hall–Kier alpha value is -4.39. The van der Waals surface area contributed by atoms with Crippen LogP contribution in [0.25, 0.3) is 5.76 Å². The predicted octanol–water partition coefficient (Wildman–Crippen LogP) is 2.64. The van der Waals surface area contributed by atoms with Crippen molar-refractivity contribution in [3.05, 3.63) is 95.3 Å². The number of hydrogen-bond acceptors (Lipinski definition) is 8. The van der Waals surface area contributed by atoms with Gasteiger partial charge in [0.15, 0.2) is 5.54 Å². The van der Waals surface area contributed by atoms with Crippen LogP contribution >= 0.6 is 0 Å². The molecule has 1 N–H and O–H groups in total. The molecule has 4 heterocycles. The van der Waals surface area contributed by atoms with Crippen LogP contribution in [0.15, 0.2) is 83.5 Å². The molecule has 1 spiro atoms. The standard InChI is InChI=1S/C31H30N4O7S/c1-2-13-34-25-11-4-3-10-24(25)31(30(34)39)26(28(37)29(38)35(31)20-21-7-6-12-32-19-21)27(36)22-8-5-9-23(18-22)43(40,41)33-14-16-42-17-15-33/h3-12,18-19,36H,2,13-17,20H2,1H3/b27-26+. The lowest BCUT2D eigenvalue weighted by atomic mass is 9.81. The van der Waals surface area contributed by atoms with E-state index in [4.69, 9.17) is 4.74 Å². The first-order valence-electron chi connectivity index (χ1n) is 14.0. The maximum atomic E-state index is 14.6. The molecule has 0 bridgehead atoms. The van der Waals surface area contributed by atoms with Crippen molar-refractivity contribution in [2.75, 3.05) is 37.7 Å². The summed E-state index contributed by atoms with van der Waals surface area (Å²) in [4.78, 5) is 49.0. The highest BCUT2D eigenvalue weighted by atomic mass is 32.2. The molecule has 1 unspecified atom stereocenters. The molecule has 2 aromatic carbocycles. The van der Waals surface area contributed by atoms with Crippen molar-refractivity contribution in [1.29, 1.82) is 0 Å². The molecule has 1 aromatic heterocycles. The van der Waals surface area contributed by atoms with Crippen molar-refractivity contribution >= 4 is 39.1 Å². The quantitative estimate of drug-likeness (QED) is 0.248. The summed E-state index contributed by atoms with van der Waals surface area (Å²) in [5.41, 5.74) is -0.886. The van der Waals surface area contributed by atoms with Gasteiger partial charge in [0.05, 0.1) is 29.4 Å². The number of ketones is 1. The lowest BCUT2D eigenvalue weighted by Gasteiger charge is -2.34. The minimum atomic E-state index is -3.95. The summed E-state index contributed by atoms with van der Waals surface area (Å²) >= 11 is 0. The van der Waals surface area contributed by atoms with Crippen molar-refractivity contribution in [3.63, 3.8) is 0 Å². The van der Waals surface area contributed by atoms with Gasteiger partial charge in [-0.1, -0.05) is 43.3 Å². The molecule has 11 nitrogen and oxygen atoms in total. The molecule has 0 saturated carbocycles. The highest BCUT2D eigenvalue weighted by Crippen LogP contribution is 2.54. The second-order valence-electron chi connectivity index (χ2n) is 10.5. The van der Waals surface area contributed by atoms with Gasteiger partial charge in [-0.15, -0.1) is 0 Å². The molecule has 0 radical (unpaired) electrons. The number of hydrogen-bond donors (Lipinski definition) is 1. The molecular formula is C31H30N4O7S. The number of anilines is 1. The summed E-state index contributed by atoms with van der Waals surface area (Å²) in [5, 5.41) is 11.8. The van der Waals surface area contributed by atoms with Crippen LogP contribution in [0.4, 0.5) is 5.69 Å². The van der Waals surface area contributed by atoms with Gasteiger partial charge in [0.25, 0.3) is 17.6 Å². The average Bonchev–Trinajstić information content (AvgIpc) is 3.41. The topological polar surface area (TPSA) is 137 Å². The van der Waals surface area contributed by atoms with E-state index in [0.717, 1.165) is 0 Å². The zero-order valence-electron chi connectivity index (χ0n) is 23.5. The summed E-state index contributed by atoms with van der Waals surface area (Å²) in [6.07, 6.45) is 3.72. The number of aliphatic hydroxyl groups is 1. The molecule has 2 fully saturated rings. The van der Waals surface area contributed by atoms with Crippen molar-refractivity contribution < 1.29 is 32.6 Å². The minimum Gasteiger partial charge on any atom is -0.507 e. The Balaban J connectivity index is 1.57. The fourth-order valence-electron chi connectivity index (χ4n) is 6.09. The maximum Gasteiger partial charge on any atom is 0.296 e. The van der Waals surface area contributed by atoms with Gasteiger partial charge in [-0.05, 0) is 36.2 Å². The summed E-state index contributed by atoms with van der Waals surface area (Å²) < 4.78 is 33.4. The number of morpholine rings is 1. The number of nitrogens with zero attached hydrogens (tertiary/aromatic N) is 4. The SMILES string of the molecule is CCCN1C(=O)C2(/C(=C(/O)c3cccc(S(=O)(=O)N4CCOCC4)c3)C(=O)C(=O)N2Cc2cccnc2)c2ccccc21. The number of sulfonamides is 1. The maximum absolute atomic E-state index is 14.6. The van der Waals surface area contributed by atoms with E-state index in [1.807, 2.05) is 6.92 Å². The first-order valence-corrected chi connectivity index (χ1v) is 15.5. The number of Topliss-reactive ketones (excluding diaryl/α,β-unsaturated/α-hetero) is 1. The van der Waals surface area contributed by atoms with Crippen LogP contribution in [0.3, 0.4) is 0 Å². The first-order chi connectivity index (χ1) is 20.7. The first kappa shape index (κ1) is 28.7. The number of aromatic nitrogens is 1. The number of ether oxygens (including phenoxy) is 1. The Morgan fingerprint density at radius 2 is 1.79 bits per heavy atom. The summed E-state index contributed by atoms with van der Waals surface area (Å²) in [5.74, 6) is -3.17. The molecule has 12 heteroatoms. The summed E-state index contributed by atoms with van der Waals surface area (Å²) in [6, 6.07) is 15.9. The van der Waals surface area contributed by atoms with Crippen LogP contribution in [0.2, 0.25) is 0 Å². The normalized spacial score (nSPS) is 22.0. The van der Waals surface area contributed by atoms with Crippen LogP contribution in [-0.2, 0) is 41.2 Å². The van der Waals surface area contributed by atoms with E-state index < -0.39 is 44.5 Å². The Morgan fingerprint density at radius 3 is 2.51 bits per heavy atom. The molecule has 222 valence electrons. The van der Waals surface area contributed by atoms with E-state index in [0.29, 0.717) is 29.8 Å². The van der Waals surface area contributed by atoms with Gasteiger partial charge in [-0.25, -0.2) is 8.42 Å². The molecule has 1 atom stereocenters. The zero-order valence-corrected chi connectivity index (χ0v) is 24.3. The number of likely N-dealkylation sites (tertiary alicyclic amines) is 1. The number of aliphatic hydroxyl groups excluding tert-OH is 1. The second kappa shape index (κ2) is 11.0. The smallest absolute Gasteiger partial charge is 0.296 e. The predicted molar refractivity (Wildman–Crippen MR) is 156 cm³/mol.